The summed E-state index contributed by atoms with van der Waals surface area (Å²) >= 11 is 0. The SMILES string of the molecule is O=C(NCC(=O)N1CCN(Cc2cccc(C(F)(F)F)c2)CC1)C1CCCCC1. The van der Waals surface area contributed by atoms with E-state index in [1.807, 2.05) is 4.90 Å². The molecule has 2 fully saturated rings. The van der Waals surface area contributed by atoms with Crippen molar-refractivity contribution in [3.63, 3.8) is 0 Å². The van der Waals surface area contributed by atoms with Crippen molar-refractivity contribution in [2.24, 2.45) is 5.92 Å². The fourth-order valence-electron chi connectivity index (χ4n) is 4.04. The van der Waals surface area contributed by atoms with Gasteiger partial charge in [-0.1, -0.05) is 37.5 Å². The Labute approximate surface area is 169 Å². The molecule has 0 radical (unpaired) electrons. The van der Waals surface area contributed by atoms with Gasteiger partial charge in [0.15, 0.2) is 0 Å². The Morgan fingerprint density at radius 3 is 2.38 bits per heavy atom. The summed E-state index contributed by atoms with van der Waals surface area (Å²) in [5, 5.41) is 2.77. The third kappa shape index (κ3) is 6.19. The minimum absolute atomic E-state index is 0.0168. The maximum absolute atomic E-state index is 12.8. The number of hydrogen-bond acceptors (Lipinski definition) is 3. The van der Waals surface area contributed by atoms with Crippen molar-refractivity contribution in [3.05, 3.63) is 35.4 Å². The number of carbonyl (C=O) groups excluding carboxylic acids is 2. The van der Waals surface area contributed by atoms with Crippen molar-refractivity contribution in [2.45, 2.75) is 44.8 Å². The van der Waals surface area contributed by atoms with Crippen LogP contribution in [0.2, 0.25) is 0 Å². The highest BCUT2D eigenvalue weighted by molar-refractivity contribution is 5.85. The lowest BCUT2D eigenvalue weighted by Crippen LogP contribution is -2.51. The van der Waals surface area contributed by atoms with Crippen LogP contribution in [0.25, 0.3) is 0 Å². The van der Waals surface area contributed by atoms with Gasteiger partial charge in [0, 0.05) is 38.6 Å². The van der Waals surface area contributed by atoms with Crippen molar-refractivity contribution < 1.29 is 22.8 Å². The van der Waals surface area contributed by atoms with Gasteiger partial charge in [0.05, 0.1) is 12.1 Å². The van der Waals surface area contributed by atoms with Gasteiger partial charge in [-0.15, -0.1) is 0 Å². The van der Waals surface area contributed by atoms with Gasteiger partial charge < -0.3 is 10.2 Å². The van der Waals surface area contributed by atoms with Gasteiger partial charge in [0.1, 0.15) is 0 Å². The van der Waals surface area contributed by atoms with Gasteiger partial charge in [-0.05, 0) is 24.5 Å². The first-order chi connectivity index (χ1) is 13.8. The Kier molecular flexibility index (Phi) is 7.16. The van der Waals surface area contributed by atoms with E-state index < -0.39 is 11.7 Å². The second-order valence-electron chi connectivity index (χ2n) is 7.91. The fourth-order valence-corrected chi connectivity index (χ4v) is 4.04. The molecule has 1 aromatic rings. The van der Waals surface area contributed by atoms with E-state index in [4.69, 9.17) is 0 Å². The number of nitrogens with zero attached hydrogens (tertiary/aromatic N) is 2. The number of amides is 2. The molecule has 0 unspecified atom stereocenters. The lowest BCUT2D eigenvalue weighted by Gasteiger charge is -2.35. The van der Waals surface area contributed by atoms with Crippen molar-refractivity contribution in [1.29, 1.82) is 0 Å². The van der Waals surface area contributed by atoms with Crippen LogP contribution in [0.4, 0.5) is 13.2 Å². The predicted octanol–water partition coefficient (Wildman–Crippen LogP) is 3.05. The molecule has 5 nitrogen and oxygen atoms in total. The van der Waals surface area contributed by atoms with E-state index in [0.29, 0.717) is 38.3 Å². The molecule has 1 aromatic carbocycles. The van der Waals surface area contributed by atoms with Gasteiger partial charge in [0.25, 0.3) is 0 Å². The highest BCUT2D eigenvalue weighted by atomic mass is 19.4. The standard InChI is InChI=1S/C21H28F3N3O2/c22-21(23,24)18-8-4-5-16(13-18)15-26-9-11-27(12-10-26)19(28)14-25-20(29)17-6-2-1-3-7-17/h4-5,8,13,17H,1-3,6-7,9-12,14-15H2,(H,25,29). The van der Waals surface area contributed by atoms with E-state index in [1.165, 1.54) is 18.6 Å². The van der Waals surface area contributed by atoms with Crippen LogP contribution >= 0.6 is 0 Å². The molecule has 0 aromatic heterocycles. The Hall–Kier alpha value is -2.09. The maximum atomic E-state index is 12.8. The van der Waals surface area contributed by atoms with E-state index in [9.17, 15) is 22.8 Å². The largest absolute Gasteiger partial charge is 0.416 e. The van der Waals surface area contributed by atoms with Crippen LogP contribution in [0.15, 0.2) is 24.3 Å². The average Bonchev–Trinajstić information content (AvgIpc) is 2.72. The monoisotopic (exact) mass is 411 g/mol. The quantitative estimate of drug-likeness (QED) is 0.810. The Morgan fingerprint density at radius 2 is 1.72 bits per heavy atom. The second kappa shape index (κ2) is 9.61. The normalized spacial score (nSPS) is 19.2. The molecule has 1 heterocycles. The first kappa shape index (κ1) is 21.6. The smallest absolute Gasteiger partial charge is 0.347 e. The average molecular weight is 411 g/mol. The molecule has 1 aliphatic carbocycles. The molecule has 8 heteroatoms. The summed E-state index contributed by atoms with van der Waals surface area (Å²) in [6, 6.07) is 5.36. The van der Waals surface area contributed by atoms with Gasteiger partial charge >= 0.3 is 6.18 Å². The van der Waals surface area contributed by atoms with Crippen LogP contribution in [0, 0.1) is 5.92 Å². The summed E-state index contributed by atoms with van der Waals surface area (Å²) in [4.78, 5) is 28.3. The third-order valence-electron chi connectivity index (χ3n) is 5.78. The number of hydrogen-bond donors (Lipinski definition) is 1. The molecule has 29 heavy (non-hydrogen) atoms. The van der Waals surface area contributed by atoms with Gasteiger partial charge in [0.2, 0.25) is 11.8 Å². The van der Waals surface area contributed by atoms with Crippen LogP contribution in [0.3, 0.4) is 0 Å². The molecule has 2 aliphatic rings. The summed E-state index contributed by atoms with van der Waals surface area (Å²) in [6.45, 7) is 2.65. The van der Waals surface area contributed by atoms with Crippen molar-refractivity contribution in [2.75, 3.05) is 32.7 Å². The molecule has 3 rings (SSSR count). The number of nitrogens with one attached hydrogen (secondary N) is 1. The summed E-state index contributed by atoms with van der Waals surface area (Å²) in [7, 11) is 0. The van der Waals surface area contributed by atoms with E-state index in [1.54, 1.807) is 11.0 Å². The highest BCUT2D eigenvalue weighted by Crippen LogP contribution is 2.29. The molecule has 0 atom stereocenters. The molecule has 1 aliphatic heterocycles. The molecule has 1 saturated carbocycles. The zero-order valence-electron chi connectivity index (χ0n) is 16.5. The summed E-state index contributed by atoms with van der Waals surface area (Å²) in [5.74, 6) is -0.102. The van der Waals surface area contributed by atoms with Gasteiger partial charge in [-0.2, -0.15) is 13.2 Å². The lowest BCUT2D eigenvalue weighted by atomic mass is 9.89. The number of halogens is 3. The third-order valence-corrected chi connectivity index (χ3v) is 5.78. The maximum Gasteiger partial charge on any atom is 0.416 e. The zero-order valence-corrected chi connectivity index (χ0v) is 16.5. The number of alkyl halides is 3. The Bertz CT molecular complexity index is 709. The fraction of sp³-hybridized carbons (Fsp3) is 0.619. The predicted molar refractivity (Wildman–Crippen MR) is 103 cm³/mol. The van der Waals surface area contributed by atoms with E-state index >= 15 is 0 Å². The zero-order chi connectivity index (χ0) is 20.9. The second-order valence-corrected chi connectivity index (χ2v) is 7.91. The molecule has 0 bridgehead atoms. The van der Waals surface area contributed by atoms with Crippen LogP contribution in [-0.2, 0) is 22.3 Å². The number of rotatable bonds is 5. The first-order valence-corrected chi connectivity index (χ1v) is 10.3. The first-order valence-electron chi connectivity index (χ1n) is 10.3. The van der Waals surface area contributed by atoms with Gasteiger partial charge in [-0.25, -0.2) is 0 Å². The molecular weight excluding hydrogens is 383 g/mol. The van der Waals surface area contributed by atoms with E-state index in [2.05, 4.69) is 5.32 Å². The molecule has 2 amide bonds. The molecule has 1 saturated heterocycles. The minimum atomic E-state index is -4.34. The lowest BCUT2D eigenvalue weighted by molar-refractivity contribution is -0.137. The van der Waals surface area contributed by atoms with Crippen LogP contribution in [0.1, 0.15) is 43.2 Å². The summed E-state index contributed by atoms with van der Waals surface area (Å²) < 4.78 is 38.5. The van der Waals surface area contributed by atoms with Crippen molar-refractivity contribution in [3.8, 4) is 0 Å². The highest BCUT2D eigenvalue weighted by Gasteiger charge is 2.30. The van der Waals surface area contributed by atoms with Crippen molar-refractivity contribution in [1.82, 2.24) is 15.1 Å². The summed E-state index contributed by atoms with van der Waals surface area (Å²) in [5.41, 5.74) is -0.0307. The van der Waals surface area contributed by atoms with E-state index in [-0.39, 0.29) is 24.3 Å². The van der Waals surface area contributed by atoms with Crippen LogP contribution in [-0.4, -0.2) is 54.3 Å². The number of benzene rings is 1. The summed E-state index contributed by atoms with van der Waals surface area (Å²) in [6.07, 6.45) is 0.763. The number of piperazine rings is 1. The molecule has 1 N–H and O–H groups in total. The van der Waals surface area contributed by atoms with Crippen molar-refractivity contribution >= 4 is 11.8 Å². The molecule has 160 valence electrons. The molecular formula is C21H28F3N3O2. The molecule has 0 spiro atoms. The van der Waals surface area contributed by atoms with Gasteiger partial charge in [-0.3, -0.25) is 14.5 Å². The van der Waals surface area contributed by atoms with E-state index in [0.717, 1.165) is 31.7 Å². The Balaban J connectivity index is 1.42. The minimum Gasteiger partial charge on any atom is -0.347 e. The van der Waals surface area contributed by atoms with Crippen LogP contribution in [0.5, 0.6) is 0 Å². The Morgan fingerprint density at radius 1 is 1.03 bits per heavy atom. The topological polar surface area (TPSA) is 52.7 Å². The van der Waals surface area contributed by atoms with Crippen LogP contribution < -0.4 is 5.32 Å². The number of carbonyl (C=O) groups is 2.